The van der Waals surface area contributed by atoms with E-state index in [0.717, 1.165) is 40.2 Å². The minimum absolute atomic E-state index is 0.194. The van der Waals surface area contributed by atoms with Gasteiger partial charge in [-0.05, 0) is 48.9 Å². The maximum Gasteiger partial charge on any atom is 0.105 e. The molecule has 1 aromatic carbocycles. The molecular weight excluding hydrogens is 326 g/mol. The summed E-state index contributed by atoms with van der Waals surface area (Å²) in [7, 11) is 0. The summed E-state index contributed by atoms with van der Waals surface area (Å²) in [6.07, 6.45) is 3.61. The van der Waals surface area contributed by atoms with Crippen LogP contribution in [0.2, 0.25) is 5.02 Å². The molecule has 0 saturated carbocycles. The number of nitrogens with one attached hydrogen (secondary N) is 1. The highest BCUT2D eigenvalue weighted by Gasteiger charge is 2.16. The second-order valence-electron chi connectivity index (χ2n) is 4.46. The molecule has 1 N–H and O–H groups in total. The molecule has 0 aliphatic rings. The number of furan rings is 1. The van der Waals surface area contributed by atoms with Gasteiger partial charge in [0.25, 0.3) is 0 Å². The first-order chi connectivity index (χ1) is 9.20. The Morgan fingerprint density at radius 1 is 1.37 bits per heavy atom. The Hall–Kier alpha value is -0.770. The van der Waals surface area contributed by atoms with Gasteiger partial charge in [-0.25, -0.2) is 0 Å². The lowest BCUT2D eigenvalue weighted by molar-refractivity contribution is 0.448. The van der Waals surface area contributed by atoms with Crippen molar-refractivity contribution in [3.63, 3.8) is 0 Å². The van der Waals surface area contributed by atoms with Gasteiger partial charge in [0.15, 0.2) is 0 Å². The van der Waals surface area contributed by atoms with Crippen LogP contribution in [0.15, 0.2) is 45.5 Å². The molecule has 4 heteroatoms. The largest absolute Gasteiger partial charge is 0.469 e. The van der Waals surface area contributed by atoms with Gasteiger partial charge in [-0.15, -0.1) is 0 Å². The first-order valence-electron chi connectivity index (χ1n) is 6.41. The van der Waals surface area contributed by atoms with E-state index >= 15 is 0 Å². The van der Waals surface area contributed by atoms with Crippen LogP contribution >= 0.6 is 27.5 Å². The van der Waals surface area contributed by atoms with E-state index in [1.807, 2.05) is 30.3 Å². The summed E-state index contributed by atoms with van der Waals surface area (Å²) in [6.45, 7) is 3.12. The number of rotatable bonds is 6. The average molecular weight is 343 g/mol. The van der Waals surface area contributed by atoms with Crippen molar-refractivity contribution in [3.05, 3.63) is 57.4 Å². The minimum Gasteiger partial charge on any atom is -0.469 e. The summed E-state index contributed by atoms with van der Waals surface area (Å²) in [5.41, 5.74) is 1.16. The molecule has 1 atom stereocenters. The molecular formula is C15H17BrClNO. The Kier molecular flexibility index (Phi) is 5.49. The van der Waals surface area contributed by atoms with Gasteiger partial charge < -0.3 is 9.73 Å². The van der Waals surface area contributed by atoms with Crippen LogP contribution in [0.25, 0.3) is 0 Å². The van der Waals surface area contributed by atoms with Gasteiger partial charge in [-0.3, -0.25) is 0 Å². The molecule has 2 rings (SSSR count). The highest BCUT2D eigenvalue weighted by molar-refractivity contribution is 9.10. The van der Waals surface area contributed by atoms with Crippen molar-refractivity contribution in [1.82, 2.24) is 5.32 Å². The molecule has 0 aliphatic heterocycles. The molecule has 19 heavy (non-hydrogen) atoms. The lowest BCUT2D eigenvalue weighted by Crippen LogP contribution is -2.24. The molecule has 102 valence electrons. The van der Waals surface area contributed by atoms with Crippen molar-refractivity contribution in [2.24, 2.45) is 0 Å². The number of hydrogen-bond acceptors (Lipinski definition) is 2. The van der Waals surface area contributed by atoms with E-state index in [1.165, 1.54) is 0 Å². The molecule has 1 heterocycles. The standard InChI is InChI=1S/C15H17BrClNO/c1-2-7-18-15(10-12-4-3-8-19-12)13-9-11(17)5-6-14(13)16/h3-6,8-9,15,18H,2,7,10H2,1H3. The predicted octanol–water partition coefficient (Wildman–Crippen LogP) is 4.98. The van der Waals surface area contributed by atoms with E-state index in [2.05, 4.69) is 28.2 Å². The van der Waals surface area contributed by atoms with Crippen LogP contribution < -0.4 is 5.32 Å². The van der Waals surface area contributed by atoms with Gasteiger partial charge in [-0.1, -0.05) is 34.5 Å². The van der Waals surface area contributed by atoms with E-state index in [0.29, 0.717) is 0 Å². The van der Waals surface area contributed by atoms with E-state index in [9.17, 15) is 0 Å². The summed E-state index contributed by atoms with van der Waals surface area (Å²) in [4.78, 5) is 0. The molecule has 0 amide bonds. The van der Waals surface area contributed by atoms with Gasteiger partial charge in [-0.2, -0.15) is 0 Å². The highest BCUT2D eigenvalue weighted by atomic mass is 79.9. The molecule has 0 saturated heterocycles. The number of halogens is 2. The Balaban J connectivity index is 2.23. The molecule has 0 aliphatic carbocycles. The number of benzene rings is 1. The smallest absolute Gasteiger partial charge is 0.105 e. The summed E-state index contributed by atoms with van der Waals surface area (Å²) >= 11 is 9.70. The Bertz CT molecular complexity index is 513. The normalized spacial score (nSPS) is 12.6. The third kappa shape index (κ3) is 4.10. The van der Waals surface area contributed by atoms with Gasteiger partial charge in [0.05, 0.1) is 6.26 Å². The van der Waals surface area contributed by atoms with Crippen LogP contribution in [0.5, 0.6) is 0 Å². The van der Waals surface area contributed by atoms with Crippen molar-refractivity contribution in [2.75, 3.05) is 6.54 Å². The molecule has 2 nitrogen and oxygen atoms in total. The fourth-order valence-corrected chi connectivity index (χ4v) is 2.73. The SMILES string of the molecule is CCCNC(Cc1ccco1)c1cc(Cl)ccc1Br. The predicted molar refractivity (Wildman–Crippen MR) is 82.6 cm³/mol. The van der Waals surface area contributed by atoms with Crippen molar-refractivity contribution in [3.8, 4) is 0 Å². The van der Waals surface area contributed by atoms with Gasteiger partial charge in [0.1, 0.15) is 5.76 Å². The van der Waals surface area contributed by atoms with Crippen molar-refractivity contribution >= 4 is 27.5 Å². The van der Waals surface area contributed by atoms with Gasteiger partial charge in [0.2, 0.25) is 0 Å². The maximum atomic E-state index is 6.10. The quantitative estimate of drug-likeness (QED) is 0.801. The fraction of sp³-hybridized carbons (Fsp3) is 0.333. The molecule has 2 aromatic rings. The Morgan fingerprint density at radius 3 is 2.89 bits per heavy atom. The van der Waals surface area contributed by atoms with Crippen LogP contribution in [0.4, 0.5) is 0 Å². The van der Waals surface area contributed by atoms with Crippen LogP contribution in [0.3, 0.4) is 0 Å². The van der Waals surface area contributed by atoms with E-state index < -0.39 is 0 Å². The van der Waals surface area contributed by atoms with E-state index in [-0.39, 0.29) is 6.04 Å². The van der Waals surface area contributed by atoms with Crippen molar-refractivity contribution in [2.45, 2.75) is 25.8 Å². The maximum absolute atomic E-state index is 6.10. The molecule has 0 radical (unpaired) electrons. The minimum atomic E-state index is 0.194. The van der Waals surface area contributed by atoms with Crippen LogP contribution in [-0.2, 0) is 6.42 Å². The lowest BCUT2D eigenvalue weighted by atomic mass is 10.0. The molecule has 0 fully saturated rings. The third-order valence-corrected chi connectivity index (χ3v) is 3.92. The zero-order valence-corrected chi connectivity index (χ0v) is 13.2. The molecule has 1 aromatic heterocycles. The Labute approximate surface area is 127 Å². The molecule has 1 unspecified atom stereocenters. The zero-order valence-electron chi connectivity index (χ0n) is 10.8. The molecule has 0 bridgehead atoms. The topological polar surface area (TPSA) is 25.2 Å². The summed E-state index contributed by atoms with van der Waals surface area (Å²) < 4.78 is 6.51. The lowest BCUT2D eigenvalue weighted by Gasteiger charge is -2.19. The zero-order chi connectivity index (χ0) is 13.7. The Morgan fingerprint density at radius 2 is 2.21 bits per heavy atom. The fourth-order valence-electron chi connectivity index (χ4n) is 2.02. The highest BCUT2D eigenvalue weighted by Crippen LogP contribution is 2.29. The van der Waals surface area contributed by atoms with Crippen molar-refractivity contribution in [1.29, 1.82) is 0 Å². The number of hydrogen-bond donors (Lipinski definition) is 1. The van der Waals surface area contributed by atoms with Crippen LogP contribution in [0.1, 0.15) is 30.7 Å². The average Bonchev–Trinajstić information content (AvgIpc) is 2.90. The van der Waals surface area contributed by atoms with E-state index in [4.69, 9.17) is 16.0 Å². The summed E-state index contributed by atoms with van der Waals surface area (Å²) in [5, 5.41) is 4.29. The van der Waals surface area contributed by atoms with E-state index in [1.54, 1.807) is 6.26 Å². The molecule has 0 spiro atoms. The summed E-state index contributed by atoms with van der Waals surface area (Å²) in [5.74, 6) is 0.973. The first kappa shape index (κ1) is 14.6. The van der Waals surface area contributed by atoms with Crippen LogP contribution in [-0.4, -0.2) is 6.54 Å². The summed E-state index contributed by atoms with van der Waals surface area (Å²) in [6, 6.07) is 9.98. The third-order valence-electron chi connectivity index (χ3n) is 2.96. The van der Waals surface area contributed by atoms with Gasteiger partial charge >= 0.3 is 0 Å². The second-order valence-corrected chi connectivity index (χ2v) is 5.75. The van der Waals surface area contributed by atoms with Crippen molar-refractivity contribution < 1.29 is 4.42 Å². The second kappa shape index (κ2) is 7.13. The monoisotopic (exact) mass is 341 g/mol. The van der Waals surface area contributed by atoms with Crippen LogP contribution in [0, 0.1) is 0 Å². The first-order valence-corrected chi connectivity index (χ1v) is 7.58. The van der Waals surface area contributed by atoms with Gasteiger partial charge in [0, 0.05) is 22.0 Å².